The van der Waals surface area contributed by atoms with E-state index in [1.54, 1.807) is 27.0 Å². The van der Waals surface area contributed by atoms with Gasteiger partial charge < -0.3 is 0 Å². The van der Waals surface area contributed by atoms with Crippen LogP contribution in [0.1, 0.15) is 36.6 Å². The number of nitro groups is 1. The maximum absolute atomic E-state index is 11.4. The zero-order valence-corrected chi connectivity index (χ0v) is 12.8. The molecule has 0 unspecified atom stereocenters. The molecule has 6 heteroatoms. The number of piperidine rings is 1. The van der Waals surface area contributed by atoms with E-state index >= 15 is 0 Å². The van der Waals surface area contributed by atoms with E-state index in [0.29, 0.717) is 17.7 Å². The first-order chi connectivity index (χ1) is 9.90. The molecule has 1 aromatic rings. The maximum atomic E-state index is 11.4. The van der Waals surface area contributed by atoms with Crippen molar-refractivity contribution in [2.75, 3.05) is 13.1 Å². The molecule has 1 fully saturated rings. The summed E-state index contributed by atoms with van der Waals surface area (Å²) in [6, 6.07) is 0. The SMILES string of the molecule is CC(=O)C1CCN(Cc2ncc(C)c([N+](=O)[O-])c2C)CC1. The van der Waals surface area contributed by atoms with Crippen molar-refractivity contribution in [3.63, 3.8) is 0 Å². The first-order valence-corrected chi connectivity index (χ1v) is 7.22. The third-order valence-corrected chi connectivity index (χ3v) is 4.29. The van der Waals surface area contributed by atoms with Gasteiger partial charge >= 0.3 is 0 Å². The summed E-state index contributed by atoms with van der Waals surface area (Å²) in [7, 11) is 0. The quantitative estimate of drug-likeness (QED) is 0.629. The number of hydrogen-bond donors (Lipinski definition) is 0. The molecule has 0 aromatic carbocycles. The van der Waals surface area contributed by atoms with Crippen LogP contribution in [0.2, 0.25) is 0 Å². The molecule has 0 amide bonds. The number of aryl methyl sites for hydroxylation is 1. The van der Waals surface area contributed by atoms with E-state index in [1.807, 2.05) is 0 Å². The topological polar surface area (TPSA) is 76.3 Å². The van der Waals surface area contributed by atoms with E-state index in [1.165, 1.54) is 0 Å². The highest BCUT2D eigenvalue weighted by Gasteiger charge is 2.24. The number of carbonyl (C=O) groups excluding carboxylic acids is 1. The molecule has 114 valence electrons. The molecule has 0 radical (unpaired) electrons. The Labute approximate surface area is 124 Å². The number of nitrogens with zero attached hydrogens (tertiary/aromatic N) is 3. The fourth-order valence-corrected chi connectivity index (χ4v) is 2.91. The highest BCUT2D eigenvalue weighted by atomic mass is 16.6. The van der Waals surface area contributed by atoms with Crippen molar-refractivity contribution in [2.45, 2.75) is 40.2 Å². The summed E-state index contributed by atoms with van der Waals surface area (Å²) in [5, 5.41) is 11.1. The van der Waals surface area contributed by atoms with E-state index in [-0.39, 0.29) is 22.3 Å². The summed E-state index contributed by atoms with van der Waals surface area (Å²) in [6.45, 7) is 7.41. The number of carbonyl (C=O) groups is 1. The minimum Gasteiger partial charge on any atom is -0.300 e. The van der Waals surface area contributed by atoms with Crippen LogP contribution in [0.4, 0.5) is 5.69 Å². The van der Waals surface area contributed by atoms with Crippen LogP contribution >= 0.6 is 0 Å². The number of hydrogen-bond acceptors (Lipinski definition) is 5. The number of aromatic nitrogens is 1. The van der Waals surface area contributed by atoms with Crippen molar-refractivity contribution < 1.29 is 9.72 Å². The predicted octanol–water partition coefficient (Wildman–Crippen LogP) is 2.41. The first-order valence-electron chi connectivity index (χ1n) is 7.22. The summed E-state index contributed by atoms with van der Waals surface area (Å²) >= 11 is 0. The van der Waals surface area contributed by atoms with Gasteiger partial charge in [-0.25, -0.2) is 0 Å². The molecular formula is C15H21N3O3. The monoisotopic (exact) mass is 291 g/mol. The Balaban J connectivity index is 2.09. The summed E-state index contributed by atoms with van der Waals surface area (Å²) in [6.07, 6.45) is 3.30. The summed E-state index contributed by atoms with van der Waals surface area (Å²) in [5.74, 6) is 0.428. The highest BCUT2D eigenvalue weighted by molar-refractivity contribution is 5.78. The van der Waals surface area contributed by atoms with Crippen molar-refractivity contribution >= 4 is 11.5 Å². The summed E-state index contributed by atoms with van der Waals surface area (Å²) in [5.41, 5.74) is 2.16. The molecule has 1 aromatic heterocycles. The van der Waals surface area contributed by atoms with Crippen molar-refractivity contribution in [2.24, 2.45) is 5.92 Å². The van der Waals surface area contributed by atoms with Gasteiger partial charge in [0.2, 0.25) is 0 Å². The van der Waals surface area contributed by atoms with Gasteiger partial charge in [0.25, 0.3) is 5.69 Å². The van der Waals surface area contributed by atoms with Crippen LogP contribution in [-0.2, 0) is 11.3 Å². The van der Waals surface area contributed by atoms with Crippen LogP contribution in [0.15, 0.2) is 6.20 Å². The van der Waals surface area contributed by atoms with Gasteiger partial charge in [0, 0.05) is 29.8 Å². The molecule has 1 aliphatic heterocycles. The number of Topliss-reactive ketones (excluding diaryl/α,β-unsaturated/α-hetero) is 1. The molecule has 0 saturated carbocycles. The number of pyridine rings is 1. The molecule has 0 spiro atoms. The van der Waals surface area contributed by atoms with E-state index < -0.39 is 0 Å². The van der Waals surface area contributed by atoms with Crippen LogP contribution in [0.25, 0.3) is 0 Å². The molecule has 2 rings (SSSR count). The van der Waals surface area contributed by atoms with E-state index in [4.69, 9.17) is 0 Å². The predicted molar refractivity (Wildman–Crippen MR) is 79.0 cm³/mol. The van der Waals surface area contributed by atoms with Crippen LogP contribution in [0.3, 0.4) is 0 Å². The van der Waals surface area contributed by atoms with Crippen molar-refractivity contribution in [3.8, 4) is 0 Å². The summed E-state index contributed by atoms with van der Waals surface area (Å²) in [4.78, 5) is 28.7. The lowest BCUT2D eigenvalue weighted by atomic mass is 9.93. The molecule has 0 atom stereocenters. The average molecular weight is 291 g/mol. The van der Waals surface area contributed by atoms with Gasteiger partial charge in [0.15, 0.2) is 0 Å². The molecule has 0 bridgehead atoms. The van der Waals surface area contributed by atoms with Crippen LogP contribution in [0.5, 0.6) is 0 Å². The van der Waals surface area contributed by atoms with E-state index in [9.17, 15) is 14.9 Å². The maximum Gasteiger partial charge on any atom is 0.278 e. The van der Waals surface area contributed by atoms with Gasteiger partial charge in [-0.3, -0.25) is 24.8 Å². The van der Waals surface area contributed by atoms with Gasteiger partial charge in [-0.15, -0.1) is 0 Å². The number of likely N-dealkylation sites (tertiary alicyclic amines) is 1. The lowest BCUT2D eigenvalue weighted by molar-refractivity contribution is -0.386. The summed E-state index contributed by atoms with van der Waals surface area (Å²) < 4.78 is 0. The lowest BCUT2D eigenvalue weighted by Crippen LogP contribution is -2.35. The van der Waals surface area contributed by atoms with Gasteiger partial charge in [-0.2, -0.15) is 0 Å². The Hall–Kier alpha value is -1.82. The Morgan fingerprint density at radius 1 is 1.43 bits per heavy atom. The molecule has 21 heavy (non-hydrogen) atoms. The second kappa shape index (κ2) is 6.30. The van der Waals surface area contributed by atoms with Crippen molar-refractivity contribution in [1.29, 1.82) is 0 Å². The highest BCUT2D eigenvalue weighted by Crippen LogP contribution is 2.26. The normalized spacial score (nSPS) is 16.9. The van der Waals surface area contributed by atoms with E-state index in [0.717, 1.165) is 31.6 Å². The standard InChI is InChI=1S/C15H21N3O3/c1-10-8-16-14(11(2)15(10)18(20)21)9-17-6-4-13(5-7-17)12(3)19/h8,13H,4-7,9H2,1-3H3. The van der Waals surface area contributed by atoms with Gasteiger partial charge in [0.05, 0.1) is 10.6 Å². The Morgan fingerprint density at radius 2 is 2.05 bits per heavy atom. The zero-order chi connectivity index (χ0) is 15.6. The fraction of sp³-hybridized carbons (Fsp3) is 0.600. The molecular weight excluding hydrogens is 270 g/mol. The Kier molecular flexibility index (Phi) is 4.67. The number of ketones is 1. The Morgan fingerprint density at radius 3 is 2.57 bits per heavy atom. The fourth-order valence-electron chi connectivity index (χ4n) is 2.91. The second-order valence-electron chi connectivity index (χ2n) is 5.78. The average Bonchev–Trinajstić information content (AvgIpc) is 2.42. The van der Waals surface area contributed by atoms with E-state index in [2.05, 4.69) is 9.88 Å². The largest absolute Gasteiger partial charge is 0.300 e. The minimum absolute atomic E-state index is 0.165. The first kappa shape index (κ1) is 15.6. The molecule has 0 N–H and O–H groups in total. The lowest BCUT2D eigenvalue weighted by Gasteiger charge is -2.30. The Bertz CT molecular complexity index is 564. The van der Waals surface area contributed by atoms with Gasteiger partial charge in [-0.1, -0.05) is 0 Å². The molecule has 2 heterocycles. The van der Waals surface area contributed by atoms with Crippen LogP contribution in [-0.4, -0.2) is 33.7 Å². The smallest absolute Gasteiger partial charge is 0.278 e. The molecule has 1 saturated heterocycles. The van der Waals surface area contributed by atoms with Crippen LogP contribution < -0.4 is 0 Å². The third-order valence-electron chi connectivity index (χ3n) is 4.29. The second-order valence-corrected chi connectivity index (χ2v) is 5.78. The zero-order valence-electron chi connectivity index (χ0n) is 12.8. The van der Waals surface area contributed by atoms with Gasteiger partial charge in [-0.05, 0) is 46.7 Å². The number of rotatable bonds is 4. The molecule has 1 aliphatic rings. The molecule has 0 aliphatic carbocycles. The van der Waals surface area contributed by atoms with Crippen molar-refractivity contribution in [1.82, 2.24) is 9.88 Å². The molecule has 6 nitrogen and oxygen atoms in total. The van der Waals surface area contributed by atoms with Gasteiger partial charge in [0.1, 0.15) is 5.78 Å². The van der Waals surface area contributed by atoms with Crippen molar-refractivity contribution in [3.05, 3.63) is 33.1 Å². The minimum atomic E-state index is -0.335. The van der Waals surface area contributed by atoms with Crippen LogP contribution in [0, 0.1) is 29.9 Å². The third kappa shape index (κ3) is 3.44.